The van der Waals surface area contributed by atoms with E-state index < -0.39 is 0 Å². The standard InChI is InChI=1S/C13H12N4O/c14-10-2-3-12-9(7-10)1-4-13(17-12)15-8-11-5-6-16-18-11/h1-7H,8,14H2,(H,15,17). The summed E-state index contributed by atoms with van der Waals surface area (Å²) < 4.78 is 5.00. The molecule has 0 amide bonds. The van der Waals surface area contributed by atoms with Gasteiger partial charge >= 0.3 is 0 Å². The van der Waals surface area contributed by atoms with Gasteiger partial charge in [0.05, 0.1) is 18.3 Å². The van der Waals surface area contributed by atoms with E-state index in [2.05, 4.69) is 15.5 Å². The van der Waals surface area contributed by atoms with Crippen molar-refractivity contribution in [3.63, 3.8) is 0 Å². The van der Waals surface area contributed by atoms with E-state index >= 15 is 0 Å². The molecule has 5 heteroatoms. The van der Waals surface area contributed by atoms with Crippen molar-refractivity contribution in [3.05, 3.63) is 48.4 Å². The fraction of sp³-hybridized carbons (Fsp3) is 0.0769. The molecule has 2 heterocycles. The van der Waals surface area contributed by atoms with Gasteiger partial charge in [-0.3, -0.25) is 0 Å². The summed E-state index contributed by atoms with van der Waals surface area (Å²) in [5.74, 6) is 1.57. The van der Waals surface area contributed by atoms with E-state index in [1.54, 1.807) is 6.20 Å². The van der Waals surface area contributed by atoms with E-state index in [9.17, 15) is 0 Å². The zero-order chi connectivity index (χ0) is 12.4. The average molecular weight is 240 g/mol. The Hall–Kier alpha value is -2.56. The number of pyridine rings is 1. The van der Waals surface area contributed by atoms with Crippen LogP contribution in [0.3, 0.4) is 0 Å². The molecule has 5 nitrogen and oxygen atoms in total. The molecule has 1 aromatic carbocycles. The van der Waals surface area contributed by atoms with E-state index in [-0.39, 0.29) is 0 Å². The number of nitrogens with one attached hydrogen (secondary N) is 1. The van der Waals surface area contributed by atoms with Gasteiger partial charge < -0.3 is 15.6 Å². The molecule has 0 radical (unpaired) electrons. The zero-order valence-corrected chi connectivity index (χ0v) is 9.63. The Kier molecular flexibility index (Phi) is 2.57. The topological polar surface area (TPSA) is 77.0 Å². The van der Waals surface area contributed by atoms with Gasteiger partial charge in [-0.25, -0.2) is 4.98 Å². The normalized spacial score (nSPS) is 10.7. The molecule has 3 aromatic rings. The molecule has 0 aliphatic heterocycles. The van der Waals surface area contributed by atoms with E-state index in [1.807, 2.05) is 36.4 Å². The number of nitrogen functional groups attached to an aromatic ring is 1. The number of nitrogens with zero attached hydrogens (tertiary/aromatic N) is 2. The largest absolute Gasteiger partial charge is 0.399 e. The van der Waals surface area contributed by atoms with Crippen LogP contribution in [0, 0.1) is 0 Å². The van der Waals surface area contributed by atoms with E-state index in [4.69, 9.17) is 10.3 Å². The lowest BCUT2D eigenvalue weighted by atomic mass is 10.2. The average Bonchev–Trinajstić information content (AvgIpc) is 2.89. The smallest absolute Gasteiger partial charge is 0.155 e. The summed E-state index contributed by atoms with van der Waals surface area (Å²) in [7, 11) is 0. The van der Waals surface area contributed by atoms with Crippen molar-refractivity contribution in [3.8, 4) is 0 Å². The van der Waals surface area contributed by atoms with Crippen LogP contribution in [-0.2, 0) is 6.54 Å². The van der Waals surface area contributed by atoms with Gasteiger partial charge in [0.1, 0.15) is 5.82 Å². The molecule has 0 saturated heterocycles. The Balaban J connectivity index is 1.82. The van der Waals surface area contributed by atoms with Crippen LogP contribution in [0.15, 0.2) is 47.1 Å². The molecule has 3 N–H and O–H groups in total. The lowest BCUT2D eigenvalue weighted by Crippen LogP contribution is -2.00. The molecule has 0 atom stereocenters. The van der Waals surface area contributed by atoms with Gasteiger partial charge in [0, 0.05) is 17.1 Å². The highest BCUT2D eigenvalue weighted by atomic mass is 16.5. The number of hydrogen-bond donors (Lipinski definition) is 2. The predicted molar refractivity (Wildman–Crippen MR) is 70.0 cm³/mol. The van der Waals surface area contributed by atoms with Crippen molar-refractivity contribution in [2.45, 2.75) is 6.54 Å². The number of rotatable bonds is 3. The van der Waals surface area contributed by atoms with Gasteiger partial charge in [-0.05, 0) is 30.3 Å². The summed E-state index contributed by atoms with van der Waals surface area (Å²) in [5.41, 5.74) is 7.37. The van der Waals surface area contributed by atoms with Crippen molar-refractivity contribution >= 4 is 22.4 Å². The van der Waals surface area contributed by atoms with Crippen LogP contribution < -0.4 is 11.1 Å². The third-order valence-electron chi connectivity index (χ3n) is 2.65. The lowest BCUT2D eigenvalue weighted by molar-refractivity contribution is 0.388. The molecule has 0 unspecified atom stereocenters. The summed E-state index contributed by atoms with van der Waals surface area (Å²) in [5, 5.41) is 7.85. The zero-order valence-electron chi connectivity index (χ0n) is 9.63. The maximum absolute atomic E-state index is 5.72. The van der Waals surface area contributed by atoms with E-state index in [0.717, 1.165) is 28.2 Å². The van der Waals surface area contributed by atoms with Crippen LogP contribution in [0.25, 0.3) is 10.9 Å². The van der Waals surface area contributed by atoms with Crippen LogP contribution in [0.5, 0.6) is 0 Å². The molecule has 0 aliphatic carbocycles. The molecule has 2 aromatic heterocycles. The number of hydrogen-bond acceptors (Lipinski definition) is 5. The van der Waals surface area contributed by atoms with Crippen molar-refractivity contribution in [1.82, 2.24) is 10.1 Å². The first-order chi connectivity index (χ1) is 8.81. The maximum atomic E-state index is 5.72. The van der Waals surface area contributed by atoms with Gasteiger partial charge in [-0.2, -0.15) is 0 Å². The fourth-order valence-corrected chi connectivity index (χ4v) is 1.75. The van der Waals surface area contributed by atoms with Crippen LogP contribution in [0.2, 0.25) is 0 Å². The SMILES string of the molecule is Nc1ccc2nc(NCc3ccno3)ccc2c1. The Labute approximate surface area is 104 Å². The summed E-state index contributed by atoms with van der Waals surface area (Å²) in [6.07, 6.45) is 1.62. The van der Waals surface area contributed by atoms with Crippen molar-refractivity contribution in [2.75, 3.05) is 11.1 Å². The third kappa shape index (κ3) is 2.10. The first-order valence-corrected chi connectivity index (χ1v) is 5.61. The molecule has 90 valence electrons. The van der Waals surface area contributed by atoms with Crippen LogP contribution in [0.4, 0.5) is 11.5 Å². The molecule has 0 aliphatic rings. The summed E-state index contributed by atoms with van der Waals surface area (Å²) >= 11 is 0. The second-order valence-electron chi connectivity index (χ2n) is 3.98. The Morgan fingerprint density at radius 1 is 1.17 bits per heavy atom. The van der Waals surface area contributed by atoms with Gasteiger partial charge in [0.2, 0.25) is 0 Å². The molecule has 3 rings (SSSR count). The van der Waals surface area contributed by atoms with Crippen LogP contribution in [-0.4, -0.2) is 10.1 Å². The quantitative estimate of drug-likeness (QED) is 0.687. The molecular formula is C13H12N4O. The second-order valence-corrected chi connectivity index (χ2v) is 3.98. The van der Waals surface area contributed by atoms with Gasteiger partial charge in [0.15, 0.2) is 5.76 Å². The molecule has 0 saturated carbocycles. The minimum atomic E-state index is 0.563. The maximum Gasteiger partial charge on any atom is 0.155 e. The first-order valence-electron chi connectivity index (χ1n) is 5.61. The molecule has 0 fully saturated rings. The van der Waals surface area contributed by atoms with Gasteiger partial charge in [0.25, 0.3) is 0 Å². The van der Waals surface area contributed by atoms with E-state index in [1.165, 1.54) is 0 Å². The van der Waals surface area contributed by atoms with Crippen LogP contribution in [0.1, 0.15) is 5.76 Å². The first kappa shape index (κ1) is 10.6. The Morgan fingerprint density at radius 2 is 2.11 bits per heavy atom. The number of anilines is 2. The minimum absolute atomic E-state index is 0.563. The van der Waals surface area contributed by atoms with Gasteiger partial charge in [-0.1, -0.05) is 5.16 Å². The highest BCUT2D eigenvalue weighted by Gasteiger charge is 2.00. The number of fused-ring (bicyclic) bond motifs is 1. The molecule has 18 heavy (non-hydrogen) atoms. The summed E-state index contributed by atoms with van der Waals surface area (Å²) in [6.45, 7) is 0.563. The van der Waals surface area contributed by atoms with Crippen molar-refractivity contribution in [2.24, 2.45) is 0 Å². The van der Waals surface area contributed by atoms with Crippen LogP contribution >= 0.6 is 0 Å². The van der Waals surface area contributed by atoms with E-state index in [0.29, 0.717) is 6.54 Å². The lowest BCUT2D eigenvalue weighted by Gasteiger charge is -2.05. The monoisotopic (exact) mass is 240 g/mol. The number of benzene rings is 1. The number of nitrogens with two attached hydrogens (primary N) is 1. The predicted octanol–water partition coefficient (Wildman–Crippen LogP) is 2.42. The Bertz CT molecular complexity index is 664. The fourth-order valence-electron chi connectivity index (χ4n) is 1.75. The second kappa shape index (κ2) is 4.37. The molecule has 0 bridgehead atoms. The number of aromatic nitrogens is 2. The van der Waals surface area contributed by atoms with Gasteiger partial charge in [-0.15, -0.1) is 0 Å². The molecular weight excluding hydrogens is 228 g/mol. The molecule has 0 spiro atoms. The third-order valence-corrected chi connectivity index (χ3v) is 2.65. The Morgan fingerprint density at radius 3 is 2.94 bits per heavy atom. The minimum Gasteiger partial charge on any atom is -0.399 e. The summed E-state index contributed by atoms with van der Waals surface area (Å²) in [6, 6.07) is 11.4. The highest BCUT2D eigenvalue weighted by molar-refractivity contribution is 5.83. The van der Waals surface area contributed by atoms with Crippen molar-refractivity contribution < 1.29 is 4.52 Å². The highest BCUT2D eigenvalue weighted by Crippen LogP contribution is 2.18. The van der Waals surface area contributed by atoms with Crippen molar-refractivity contribution in [1.29, 1.82) is 0 Å². The summed E-state index contributed by atoms with van der Waals surface area (Å²) in [4.78, 5) is 4.49.